The molecule has 0 radical (unpaired) electrons. The lowest BCUT2D eigenvalue weighted by Crippen LogP contribution is -2.25. The first-order valence-corrected chi connectivity index (χ1v) is 7.29. The fourth-order valence-electron chi connectivity index (χ4n) is 2.78. The van der Waals surface area contributed by atoms with E-state index in [1.54, 1.807) is 0 Å². The Morgan fingerprint density at radius 1 is 1.05 bits per heavy atom. The van der Waals surface area contributed by atoms with Crippen molar-refractivity contribution >= 4 is 28.2 Å². The van der Waals surface area contributed by atoms with Crippen molar-refractivity contribution in [3.63, 3.8) is 0 Å². The number of aromatic nitrogens is 2. The number of fused-ring (bicyclic) bond motifs is 1. The van der Waals surface area contributed by atoms with Gasteiger partial charge in [0.05, 0.1) is 0 Å². The number of rotatable bonds is 2. The molecule has 1 aliphatic carbocycles. The molecule has 19 heavy (non-hydrogen) atoms. The van der Waals surface area contributed by atoms with Gasteiger partial charge in [0.25, 0.3) is 0 Å². The lowest BCUT2D eigenvalue weighted by atomic mass is 9.87. The van der Waals surface area contributed by atoms with Gasteiger partial charge in [-0.3, -0.25) is 0 Å². The molecule has 1 heterocycles. The average Bonchev–Trinajstić information content (AvgIpc) is 2.45. The molecule has 1 fully saturated rings. The Bertz CT molecular complexity index is 577. The van der Waals surface area contributed by atoms with Crippen LogP contribution < -0.4 is 5.32 Å². The van der Waals surface area contributed by atoms with Crippen LogP contribution in [0.15, 0.2) is 24.3 Å². The predicted molar refractivity (Wildman–Crippen MR) is 79.6 cm³/mol. The van der Waals surface area contributed by atoms with E-state index < -0.39 is 0 Å². The van der Waals surface area contributed by atoms with Crippen molar-refractivity contribution < 1.29 is 0 Å². The van der Waals surface area contributed by atoms with E-state index in [1.807, 2.05) is 24.3 Å². The Balaban J connectivity index is 1.87. The first-order chi connectivity index (χ1) is 9.24. The molecule has 0 bridgehead atoms. The second-order valence-corrected chi connectivity index (χ2v) is 5.84. The number of hydrogen-bond donors (Lipinski definition) is 1. The van der Waals surface area contributed by atoms with Gasteiger partial charge in [-0.1, -0.05) is 42.8 Å². The van der Waals surface area contributed by atoms with Crippen LogP contribution in [0, 0.1) is 5.92 Å². The minimum atomic E-state index is 0.471. The van der Waals surface area contributed by atoms with Gasteiger partial charge < -0.3 is 5.32 Å². The van der Waals surface area contributed by atoms with Gasteiger partial charge in [-0.05, 0) is 31.6 Å². The third-order valence-corrected chi connectivity index (χ3v) is 4.28. The Morgan fingerprint density at radius 2 is 1.74 bits per heavy atom. The highest BCUT2D eigenvalue weighted by molar-refractivity contribution is 6.34. The van der Waals surface area contributed by atoms with E-state index in [1.165, 1.54) is 25.7 Å². The van der Waals surface area contributed by atoms with Crippen molar-refractivity contribution in [1.82, 2.24) is 10.2 Å². The molecule has 2 aromatic rings. The Hall–Kier alpha value is -1.35. The summed E-state index contributed by atoms with van der Waals surface area (Å²) in [7, 11) is 0. The molecule has 1 aromatic heterocycles. The van der Waals surface area contributed by atoms with Gasteiger partial charge in [0.2, 0.25) is 0 Å². The number of nitrogens with one attached hydrogen (secondary N) is 1. The molecule has 4 heteroatoms. The van der Waals surface area contributed by atoms with Crippen LogP contribution in [0.3, 0.4) is 0 Å². The zero-order chi connectivity index (χ0) is 13.2. The molecule has 0 unspecified atom stereocenters. The smallest absolute Gasteiger partial charge is 0.159 e. The minimum Gasteiger partial charge on any atom is -0.365 e. The fourth-order valence-corrected chi connectivity index (χ4v) is 2.98. The summed E-state index contributed by atoms with van der Waals surface area (Å²) in [5.41, 5.74) is 0. The molecule has 1 N–H and O–H groups in total. The van der Waals surface area contributed by atoms with E-state index in [0.29, 0.717) is 11.2 Å². The number of hydrogen-bond acceptors (Lipinski definition) is 3. The molecule has 1 saturated carbocycles. The first-order valence-electron chi connectivity index (χ1n) is 6.91. The summed E-state index contributed by atoms with van der Waals surface area (Å²) in [5.74, 6) is 1.71. The second-order valence-electron chi connectivity index (χ2n) is 5.49. The summed E-state index contributed by atoms with van der Waals surface area (Å²) in [6.45, 7) is 2.33. The Labute approximate surface area is 118 Å². The van der Waals surface area contributed by atoms with E-state index in [4.69, 9.17) is 11.6 Å². The Morgan fingerprint density at radius 3 is 2.47 bits per heavy atom. The summed E-state index contributed by atoms with van der Waals surface area (Å²) < 4.78 is 0. The van der Waals surface area contributed by atoms with Crippen molar-refractivity contribution in [2.45, 2.75) is 38.6 Å². The predicted octanol–water partition coefficient (Wildman–Crippen LogP) is 4.27. The molecule has 1 aliphatic rings. The van der Waals surface area contributed by atoms with E-state index in [-0.39, 0.29) is 0 Å². The van der Waals surface area contributed by atoms with Gasteiger partial charge in [-0.2, -0.15) is 0 Å². The molecular weight excluding hydrogens is 258 g/mol. The maximum Gasteiger partial charge on any atom is 0.159 e. The average molecular weight is 276 g/mol. The van der Waals surface area contributed by atoms with Crippen LogP contribution in [-0.4, -0.2) is 16.2 Å². The zero-order valence-corrected chi connectivity index (χ0v) is 11.8. The molecule has 0 aliphatic heterocycles. The van der Waals surface area contributed by atoms with Crippen LogP contribution in [0.5, 0.6) is 0 Å². The summed E-state index contributed by atoms with van der Waals surface area (Å²) in [6.07, 6.45) is 4.99. The summed E-state index contributed by atoms with van der Waals surface area (Å²) in [5, 5.41) is 14.3. The SMILES string of the molecule is CC1CCC(Nc2nnc(Cl)c3ccccc23)CC1. The fraction of sp³-hybridized carbons (Fsp3) is 0.467. The number of benzene rings is 1. The van der Waals surface area contributed by atoms with Gasteiger partial charge in [-0.25, -0.2) is 0 Å². The molecule has 0 saturated heterocycles. The van der Waals surface area contributed by atoms with Crippen LogP contribution in [0.25, 0.3) is 10.8 Å². The number of anilines is 1. The lowest BCUT2D eigenvalue weighted by molar-refractivity contribution is 0.361. The summed E-state index contributed by atoms with van der Waals surface area (Å²) in [4.78, 5) is 0. The highest BCUT2D eigenvalue weighted by Crippen LogP contribution is 2.29. The Kier molecular flexibility index (Phi) is 3.56. The highest BCUT2D eigenvalue weighted by Gasteiger charge is 2.19. The van der Waals surface area contributed by atoms with Gasteiger partial charge >= 0.3 is 0 Å². The van der Waals surface area contributed by atoms with Gasteiger partial charge in [0.15, 0.2) is 11.0 Å². The maximum atomic E-state index is 6.09. The van der Waals surface area contributed by atoms with Crippen LogP contribution in [0.2, 0.25) is 5.15 Å². The van der Waals surface area contributed by atoms with Gasteiger partial charge in [0.1, 0.15) is 0 Å². The van der Waals surface area contributed by atoms with Crippen molar-refractivity contribution in [2.75, 3.05) is 5.32 Å². The van der Waals surface area contributed by atoms with E-state index in [2.05, 4.69) is 22.4 Å². The van der Waals surface area contributed by atoms with E-state index >= 15 is 0 Å². The van der Waals surface area contributed by atoms with E-state index in [0.717, 1.165) is 22.5 Å². The van der Waals surface area contributed by atoms with Gasteiger partial charge in [0, 0.05) is 16.8 Å². The molecule has 0 atom stereocenters. The van der Waals surface area contributed by atoms with E-state index in [9.17, 15) is 0 Å². The van der Waals surface area contributed by atoms with Crippen LogP contribution >= 0.6 is 11.6 Å². The molecule has 100 valence electrons. The summed E-state index contributed by atoms with van der Waals surface area (Å²) >= 11 is 6.09. The second kappa shape index (κ2) is 5.33. The molecular formula is C15H18ClN3. The standard InChI is InChI=1S/C15H18ClN3/c1-10-6-8-11(9-7-10)17-15-13-5-3-2-4-12(13)14(16)18-19-15/h2-5,10-11H,6-9H2,1H3,(H,17,19). The first kappa shape index (κ1) is 12.7. The van der Waals surface area contributed by atoms with Crippen molar-refractivity contribution in [3.05, 3.63) is 29.4 Å². The highest BCUT2D eigenvalue weighted by atomic mass is 35.5. The number of nitrogens with zero attached hydrogens (tertiary/aromatic N) is 2. The molecule has 0 spiro atoms. The normalized spacial score (nSPS) is 23.5. The minimum absolute atomic E-state index is 0.471. The molecule has 3 nitrogen and oxygen atoms in total. The monoisotopic (exact) mass is 275 g/mol. The maximum absolute atomic E-state index is 6.09. The van der Waals surface area contributed by atoms with Crippen molar-refractivity contribution in [2.24, 2.45) is 5.92 Å². The topological polar surface area (TPSA) is 37.8 Å². The quantitative estimate of drug-likeness (QED) is 0.889. The zero-order valence-electron chi connectivity index (χ0n) is 11.1. The number of halogens is 1. The largest absolute Gasteiger partial charge is 0.365 e. The van der Waals surface area contributed by atoms with Crippen LogP contribution in [0.4, 0.5) is 5.82 Å². The lowest BCUT2D eigenvalue weighted by Gasteiger charge is -2.27. The molecule has 1 aromatic carbocycles. The van der Waals surface area contributed by atoms with Crippen molar-refractivity contribution in [3.8, 4) is 0 Å². The third kappa shape index (κ3) is 2.66. The van der Waals surface area contributed by atoms with Gasteiger partial charge in [-0.15, -0.1) is 10.2 Å². The van der Waals surface area contributed by atoms with Crippen LogP contribution in [-0.2, 0) is 0 Å². The third-order valence-electron chi connectivity index (χ3n) is 4.00. The van der Waals surface area contributed by atoms with Crippen molar-refractivity contribution in [1.29, 1.82) is 0 Å². The molecule has 0 amide bonds. The van der Waals surface area contributed by atoms with Crippen LogP contribution in [0.1, 0.15) is 32.6 Å². The molecule has 3 rings (SSSR count). The summed E-state index contributed by atoms with van der Waals surface area (Å²) in [6, 6.07) is 8.52.